The van der Waals surface area contributed by atoms with Crippen LogP contribution in [0.25, 0.3) is 10.9 Å². The van der Waals surface area contributed by atoms with Crippen LogP contribution in [0.2, 0.25) is 0 Å². The molecule has 2 heterocycles. The Balaban J connectivity index is 1.65. The summed E-state index contributed by atoms with van der Waals surface area (Å²) in [5.41, 5.74) is 2.46. The van der Waals surface area contributed by atoms with Crippen molar-refractivity contribution < 1.29 is 24.6 Å². The van der Waals surface area contributed by atoms with Gasteiger partial charge in [0.2, 0.25) is 5.91 Å². The molecule has 39 heavy (non-hydrogen) atoms. The predicted octanol–water partition coefficient (Wildman–Crippen LogP) is 3.74. The van der Waals surface area contributed by atoms with Gasteiger partial charge in [0, 0.05) is 35.0 Å². The maximum absolute atomic E-state index is 14.2. The topological polar surface area (TPSA) is 119 Å². The first-order valence-electron chi connectivity index (χ1n) is 13.6. The number of para-hydroxylation sites is 1. The number of benzene rings is 1. The van der Waals surface area contributed by atoms with E-state index in [1.165, 1.54) is 0 Å². The van der Waals surface area contributed by atoms with Gasteiger partial charge in [0.05, 0.1) is 6.10 Å². The van der Waals surface area contributed by atoms with E-state index in [4.69, 9.17) is 0 Å². The highest BCUT2D eigenvalue weighted by Crippen LogP contribution is 2.55. The monoisotopic (exact) mass is 528 g/mol. The van der Waals surface area contributed by atoms with E-state index in [-0.39, 0.29) is 5.92 Å². The molecule has 3 aliphatic rings. The summed E-state index contributed by atoms with van der Waals surface area (Å²) in [6.07, 6.45) is 8.34. The zero-order chi connectivity index (χ0) is 28.1. The molecule has 0 unspecified atom stereocenters. The Kier molecular flexibility index (Phi) is 7.08. The number of carbonyl (C=O) groups is 3. The molecule has 1 aromatic heterocycles. The van der Waals surface area contributed by atoms with E-state index in [0.29, 0.717) is 18.4 Å². The fourth-order valence-corrected chi connectivity index (χ4v) is 6.88. The Bertz CT molecular complexity index is 1460. The quantitative estimate of drug-likeness (QED) is 0.350. The Morgan fingerprint density at radius 3 is 2.54 bits per heavy atom. The average Bonchev–Trinajstić information content (AvgIpc) is 3.45. The molecule has 2 aliphatic carbocycles. The second-order valence-electron chi connectivity index (χ2n) is 11.4. The number of carbonyl (C=O) groups excluding carboxylic acids is 3. The van der Waals surface area contributed by atoms with Crippen molar-refractivity contribution in [3.8, 4) is 0 Å². The number of ketones is 2. The predicted molar refractivity (Wildman–Crippen MR) is 150 cm³/mol. The van der Waals surface area contributed by atoms with Crippen LogP contribution in [0.3, 0.4) is 0 Å². The summed E-state index contributed by atoms with van der Waals surface area (Å²) in [7, 11) is 0. The number of rotatable bonds is 2. The molecular weight excluding hydrogens is 492 g/mol. The van der Waals surface area contributed by atoms with Gasteiger partial charge in [-0.05, 0) is 74.5 Å². The van der Waals surface area contributed by atoms with Crippen LogP contribution < -0.4 is 5.32 Å². The van der Waals surface area contributed by atoms with Gasteiger partial charge in [0.1, 0.15) is 11.5 Å². The van der Waals surface area contributed by atoms with Crippen molar-refractivity contribution in [2.45, 2.75) is 58.8 Å². The van der Waals surface area contributed by atoms with Crippen molar-refractivity contribution in [2.24, 2.45) is 23.2 Å². The maximum Gasteiger partial charge on any atom is 0.235 e. The molecule has 5 rings (SSSR count). The Labute approximate surface area is 228 Å². The lowest BCUT2D eigenvalue weighted by Crippen LogP contribution is -2.55. The third-order valence-electron chi connectivity index (χ3n) is 9.00. The van der Waals surface area contributed by atoms with E-state index in [9.17, 15) is 24.6 Å². The molecule has 2 aromatic rings. The maximum atomic E-state index is 14.2. The van der Waals surface area contributed by atoms with E-state index in [0.717, 1.165) is 39.8 Å². The van der Waals surface area contributed by atoms with E-state index in [2.05, 4.69) is 10.3 Å². The van der Waals surface area contributed by atoms with Crippen LogP contribution in [-0.2, 0) is 20.8 Å². The number of amides is 1. The lowest BCUT2D eigenvalue weighted by molar-refractivity contribution is -0.144. The number of H-pyrrole nitrogens is 1. The third-order valence-corrected chi connectivity index (χ3v) is 9.00. The zero-order valence-corrected chi connectivity index (χ0v) is 22.8. The fourth-order valence-electron chi connectivity index (χ4n) is 6.88. The first-order valence-corrected chi connectivity index (χ1v) is 13.6. The molecule has 1 saturated heterocycles. The van der Waals surface area contributed by atoms with Gasteiger partial charge in [-0.1, -0.05) is 48.9 Å². The zero-order valence-electron chi connectivity index (χ0n) is 22.8. The second-order valence-corrected chi connectivity index (χ2v) is 11.4. The summed E-state index contributed by atoms with van der Waals surface area (Å²) < 4.78 is 0. The molecule has 1 amide bonds. The molecule has 204 valence electrons. The third kappa shape index (κ3) is 4.34. The van der Waals surface area contributed by atoms with Gasteiger partial charge >= 0.3 is 0 Å². The molecule has 7 nitrogen and oxygen atoms in total. The van der Waals surface area contributed by atoms with Gasteiger partial charge in [-0.25, -0.2) is 0 Å². The minimum Gasteiger partial charge on any atom is -0.388 e. The standard InChI is InChI=1S/C32H36N2O5/c1-17-8-7-10-23-30(38)20(4)19(3)28-25(15-21-16-33-24-11-6-5-9-22(21)24)34-31(39)32(23,28)27(36)13-12-26(35)29(37)18(2)14-17/h5-7,9-14,16-17,23,25,28-30,33,37-38H,8,15H2,1-4H3,(H,34,39)/b10-7-,13-12-,18-14-/t17-,23-,25-,28-,29+,30+,32+/m0/s1. The number of aromatic nitrogens is 1. The van der Waals surface area contributed by atoms with E-state index in [1.807, 2.05) is 69.5 Å². The normalized spacial score (nSPS) is 36.7. The van der Waals surface area contributed by atoms with Crippen LogP contribution in [0.1, 0.15) is 39.7 Å². The highest BCUT2D eigenvalue weighted by molar-refractivity contribution is 6.15. The summed E-state index contributed by atoms with van der Waals surface area (Å²) in [5, 5.41) is 26.2. The number of aromatic amines is 1. The summed E-state index contributed by atoms with van der Waals surface area (Å²) in [5.74, 6) is -2.94. The van der Waals surface area contributed by atoms with Crippen LogP contribution in [-0.4, -0.2) is 50.9 Å². The van der Waals surface area contributed by atoms with Crippen LogP contribution in [0.5, 0.6) is 0 Å². The van der Waals surface area contributed by atoms with Crippen LogP contribution in [0.15, 0.2) is 77.6 Å². The largest absolute Gasteiger partial charge is 0.388 e. The first kappa shape index (κ1) is 27.0. The average molecular weight is 529 g/mol. The summed E-state index contributed by atoms with van der Waals surface area (Å²) in [6, 6.07) is 7.55. The van der Waals surface area contributed by atoms with Gasteiger partial charge < -0.3 is 20.5 Å². The number of hydrogen-bond donors (Lipinski definition) is 4. The van der Waals surface area contributed by atoms with Crippen molar-refractivity contribution in [3.05, 3.63) is 83.1 Å². The molecule has 1 fully saturated rings. The molecule has 7 heteroatoms. The van der Waals surface area contributed by atoms with Gasteiger partial charge in [0.15, 0.2) is 11.6 Å². The van der Waals surface area contributed by atoms with E-state index < -0.39 is 53.0 Å². The minimum atomic E-state index is -1.63. The van der Waals surface area contributed by atoms with Gasteiger partial charge in [-0.3, -0.25) is 14.4 Å². The van der Waals surface area contributed by atoms with Gasteiger partial charge in [0.25, 0.3) is 0 Å². The first-order chi connectivity index (χ1) is 18.6. The van der Waals surface area contributed by atoms with Gasteiger partial charge in [-0.2, -0.15) is 0 Å². The van der Waals surface area contributed by atoms with Crippen molar-refractivity contribution in [2.75, 3.05) is 0 Å². The molecule has 0 bridgehead atoms. The molecule has 1 aliphatic heterocycles. The van der Waals surface area contributed by atoms with E-state index >= 15 is 0 Å². The summed E-state index contributed by atoms with van der Waals surface area (Å²) in [6.45, 7) is 7.40. The molecule has 4 N–H and O–H groups in total. The number of allylic oxidation sites excluding steroid dienone is 3. The van der Waals surface area contributed by atoms with Crippen molar-refractivity contribution in [1.82, 2.24) is 10.3 Å². The summed E-state index contributed by atoms with van der Waals surface area (Å²) in [4.78, 5) is 44.3. The van der Waals surface area contributed by atoms with Crippen LogP contribution in [0.4, 0.5) is 0 Å². The number of hydrogen-bond acceptors (Lipinski definition) is 5. The Morgan fingerprint density at radius 2 is 1.77 bits per heavy atom. The molecule has 7 atom stereocenters. The van der Waals surface area contributed by atoms with Crippen molar-refractivity contribution in [1.29, 1.82) is 0 Å². The second kappa shape index (κ2) is 10.2. The molecule has 0 saturated carbocycles. The highest BCUT2D eigenvalue weighted by Gasteiger charge is 2.66. The minimum absolute atomic E-state index is 0.00187. The molecular formula is C32H36N2O5. The lowest BCUT2D eigenvalue weighted by atomic mass is 9.55. The SMILES string of the molecule is CC1=C(C)[C@H]2[C@H](Cc3c[nH]c4ccccc34)NC(=O)[C@]23C(=O)/C=C\C(=O)[C@H](O)/C(C)=C\[C@@H](C)C/C=C\[C@H]3[C@@H]1O. The molecule has 1 spiro atoms. The molecule has 1 aromatic carbocycles. The van der Waals surface area contributed by atoms with Crippen LogP contribution in [0, 0.1) is 23.2 Å². The Hall–Kier alpha value is -3.55. The van der Waals surface area contributed by atoms with Crippen LogP contribution >= 0.6 is 0 Å². The highest BCUT2D eigenvalue weighted by atomic mass is 16.3. The summed E-state index contributed by atoms with van der Waals surface area (Å²) >= 11 is 0. The number of aliphatic hydroxyl groups excluding tert-OH is 2. The molecule has 0 radical (unpaired) electrons. The van der Waals surface area contributed by atoms with Gasteiger partial charge in [-0.15, -0.1) is 0 Å². The van der Waals surface area contributed by atoms with Crippen molar-refractivity contribution in [3.63, 3.8) is 0 Å². The number of fused-ring (bicyclic) bond motifs is 1. The van der Waals surface area contributed by atoms with Crippen molar-refractivity contribution >= 4 is 28.4 Å². The lowest BCUT2D eigenvalue weighted by Gasteiger charge is -2.45. The number of aliphatic hydroxyl groups is 2. The number of nitrogens with one attached hydrogen (secondary N) is 2. The Morgan fingerprint density at radius 1 is 1.03 bits per heavy atom. The van der Waals surface area contributed by atoms with E-state index in [1.54, 1.807) is 6.92 Å². The smallest absolute Gasteiger partial charge is 0.235 e. The fraction of sp³-hybridized carbons (Fsp3) is 0.406.